The molecule has 3 nitrogen and oxygen atoms in total. The predicted octanol–water partition coefficient (Wildman–Crippen LogP) is 4.05. The Bertz CT molecular complexity index is 570. The van der Waals surface area contributed by atoms with Crippen LogP contribution in [0.5, 0.6) is 0 Å². The molecule has 2 aromatic rings. The number of aromatic nitrogens is 2. The van der Waals surface area contributed by atoms with Crippen molar-refractivity contribution in [2.75, 3.05) is 0 Å². The highest BCUT2D eigenvalue weighted by Crippen LogP contribution is 2.26. The van der Waals surface area contributed by atoms with Gasteiger partial charge in [0, 0.05) is 25.0 Å². The standard InChI is InChI=1S/C16H22ClN3/c1-2-12-3-6-14(7-4-12)18-9-15-11-20-10-13(17)5-8-16(20)19-15/h5,8,10-12,14,18H,2-4,6-7,9H2,1H3. The number of fused-ring (bicyclic) bond motifs is 1. The fourth-order valence-corrected chi connectivity index (χ4v) is 3.29. The van der Waals surface area contributed by atoms with Gasteiger partial charge in [-0.05, 0) is 43.7 Å². The number of nitrogens with one attached hydrogen (secondary N) is 1. The molecular weight excluding hydrogens is 270 g/mol. The normalized spacial score (nSPS) is 23.3. The van der Waals surface area contributed by atoms with E-state index in [1.165, 1.54) is 32.1 Å². The van der Waals surface area contributed by atoms with E-state index in [0.717, 1.165) is 28.8 Å². The largest absolute Gasteiger partial charge is 0.308 e. The van der Waals surface area contributed by atoms with Gasteiger partial charge < -0.3 is 9.72 Å². The number of hydrogen-bond donors (Lipinski definition) is 1. The quantitative estimate of drug-likeness (QED) is 0.921. The van der Waals surface area contributed by atoms with Gasteiger partial charge in [-0.1, -0.05) is 24.9 Å². The van der Waals surface area contributed by atoms with Crippen LogP contribution in [0.4, 0.5) is 0 Å². The highest BCUT2D eigenvalue weighted by molar-refractivity contribution is 6.30. The molecule has 0 aromatic carbocycles. The van der Waals surface area contributed by atoms with Crippen LogP contribution in [0, 0.1) is 5.92 Å². The zero-order chi connectivity index (χ0) is 13.9. The van der Waals surface area contributed by atoms with Gasteiger partial charge in [-0.2, -0.15) is 0 Å². The lowest BCUT2D eigenvalue weighted by atomic mass is 9.84. The molecule has 0 saturated heterocycles. The minimum atomic E-state index is 0.659. The number of hydrogen-bond acceptors (Lipinski definition) is 2. The van der Waals surface area contributed by atoms with Crippen LogP contribution in [0.15, 0.2) is 24.5 Å². The molecule has 20 heavy (non-hydrogen) atoms. The van der Waals surface area contributed by atoms with E-state index in [0.29, 0.717) is 6.04 Å². The Morgan fingerprint density at radius 3 is 2.80 bits per heavy atom. The highest BCUT2D eigenvalue weighted by Gasteiger charge is 2.19. The molecule has 0 unspecified atom stereocenters. The van der Waals surface area contributed by atoms with Crippen molar-refractivity contribution in [3.63, 3.8) is 0 Å². The number of pyridine rings is 1. The molecule has 0 amide bonds. The van der Waals surface area contributed by atoms with Gasteiger partial charge in [0.15, 0.2) is 0 Å². The lowest BCUT2D eigenvalue weighted by Gasteiger charge is -2.28. The van der Waals surface area contributed by atoms with E-state index in [1.54, 1.807) is 0 Å². The minimum Gasteiger partial charge on any atom is -0.308 e. The van der Waals surface area contributed by atoms with Gasteiger partial charge in [-0.25, -0.2) is 4.98 Å². The summed E-state index contributed by atoms with van der Waals surface area (Å²) in [5.74, 6) is 0.949. The summed E-state index contributed by atoms with van der Waals surface area (Å²) in [5.41, 5.74) is 2.05. The third-order valence-corrected chi connectivity index (χ3v) is 4.68. The first kappa shape index (κ1) is 13.9. The van der Waals surface area contributed by atoms with Crippen LogP contribution in [0.1, 0.15) is 44.7 Å². The van der Waals surface area contributed by atoms with Gasteiger partial charge in [0.05, 0.1) is 10.7 Å². The Labute approximate surface area is 125 Å². The molecular formula is C16H22ClN3. The van der Waals surface area contributed by atoms with Gasteiger partial charge in [0.2, 0.25) is 0 Å². The van der Waals surface area contributed by atoms with Crippen molar-refractivity contribution in [3.8, 4) is 0 Å². The van der Waals surface area contributed by atoms with Gasteiger partial charge in [-0.3, -0.25) is 0 Å². The second kappa shape index (κ2) is 6.15. The van der Waals surface area contributed by atoms with Crippen LogP contribution in [0.25, 0.3) is 5.65 Å². The number of halogens is 1. The van der Waals surface area contributed by atoms with E-state index >= 15 is 0 Å². The number of nitrogens with zero attached hydrogens (tertiary/aromatic N) is 2. The van der Waals surface area contributed by atoms with Crippen molar-refractivity contribution in [1.82, 2.24) is 14.7 Å². The van der Waals surface area contributed by atoms with E-state index in [1.807, 2.05) is 22.7 Å². The predicted molar refractivity (Wildman–Crippen MR) is 83.1 cm³/mol. The molecule has 1 saturated carbocycles. The van der Waals surface area contributed by atoms with Gasteiger partial charge >= 0.3 is 0 Å². The Morgan fingerprint density at radius 2 is 2.05 bits per heavy atom. The molecule has 0 aliphatic heterocycles. The monoisotopic (exact) mass is 291 g/mol. The minimum absolute atomic E-state index is 0.659. The summed E-state index contributed by atoms with van der Waals surface area (Å²) in [7, 11) is 0. The van der Waals surface area contributed by atoms with Crippen LogP contribution in [0.2, 0.25) is 5.02 Å². The summed E-state index contributed by atoms with van der Waals surface area (Å²) in [4.78, 5) is 4.61. The van der Waals surface area contributed by atoms with Crippen molar-refractivity contribution in [3.05, 3.63) is 35.2 Å². The van der Waals surface area contributed by atoms with E-state index in [4.69, 9.17) is 11.6 Å². The fraction of sp³-hybridized carbons (Fsp3) is 0.562. The Morgan fingerprint density at radius 1 is 1.25 bits per heavy atom. The van der Waals surface area contributed by atoms with Crippen molar-refractivity contribution in [2.24, 2.45) is 5.92 Å². The second-order valence-corrected chi connectivity index (χ2v) is 6.29. The third kappa shape index (κ3) is 3.15. The maximum absolute atomic E-state index is 5.99. The van der Waals surface area contributed by atoms with Crippen molar-refractivity contribution in [1.29, 1.82) is 0 Å². The van der Waals surface area contributed by atoms with Crippen LogP contribution in [-0.4, -0.2) is 15.4 Å². The Kier molecular flexibility index (Phi) is 4.27. The maximum Gasteiger partial charge on any atom is 0.137 e. The van der Waals surface area contributed by atoms with E-state index < -0.39 is 0 Å². The lowest BCUT2D eigenvalue weighted by molar-refractivity contribution is 0.285. The average Bonchev–Trinajstić information content (AvgIpc) is 2.87. The summed E-state index contributed by atoms with van der Waals surface area (Å²) in [6.07, 6.45) is 10.6. The highest BCUT2D eigenvalue weighted by atomic mass is 35.5. The topological polar surface area (TPSA) is 29.3 Å². The van der Waals surface area contributed by atoms with Crippen LogP contribution < -0.4 is 5.32 Å². The molecule has 0 radical (unpaired) electrons. The molecule has 1 fully saturated rings. The molecule has 1 aliphatic carbocycles. The Hall–Kier alpha value is -1.06. The summed E-state index contributed by atoms with van der Waals surface area (Å²) < 4.78 is 1.99. The van der Waals surface area contributed by atoms with E-state index in [9.17, 15) is 0 Å². The first-order valence-corrected chi connectivity index (χ1v) is 7.99. The lowest BCUT2D eigenvalue weighted by Crippen LogP contribution is -2.32. The van der Waals surface area contributed by atoms with E-state index in [2.05, 4.69) is 23.4 Å². The molecule has 0 spiro atoms. The SMILES string of the molecule is CCC1CCC(NCc2cn3cc(Cl)ccc3n2)CC1. The van der Waals surface area contributed by atoms with Gasteiger partial charge in [0.25, 0.3) is 0 Å². The third-order valence-electron chi connectivity index (χ3n) is 4.46. The van der Waals surface area contributed by atoms with Gasteiger partial charge in [-0.15, -0.1) is 0 Å². The summed E-state index contributed by atoms with van der Waals surface area (Å²) in [6.45, 7) is 3.15. The summed E-state index contributed by atoms with van der Waals surface area (Å²) >= 11 is 5.99. The number of rotatable bonds is 4. The molecule has 108 valence electrons. The number of imidazole rings is 1. The summed E-state index contributed by atoms with van der Waals surface area (Å²) in [6, 6.07) is 4.50. The molecule has 4 heteroatoms. The van der Waals surface area contributed by atoms with Crippen LogP contribution in [-0.2, 0) is 6.54 Å². The van der Waals surface area contributed by atoms with Crippen molar-refractivity contribution in [2.45, 2.75) is 51.6 Å². The van der Waals surface area contributed by atoms with Crippen LogP contribution in [0.3, 0.4) is 0 Å². The molecule has 0 bridgehead atoms. The average molecular weight is 292 g/mol. The van der Waals surface area contributed by atoms with Crippen molar-refractivity contribution < 1.29 is 0 Å². The molecule has 1 N–H and O–H groups in total. The first-order valence-electron chi connectivity index (χ1n) is 7.61. The molecule has 2 aromatic heterocycles. The Balaban J connectivity index is 1.57. The zero-order valence-electron chi connectivity index (χ0n) is 12.0. The molecule has 3 rings (SSSR count). The van der Waals surface area contributed by atoms with E-state index in [-0.39, 0.29) is 0 Å². The first-order chi connectivity index (χ1) is 9.74. The second-order valence-electron chi connectivity index (χ2n) is 5.85. The summed E-state index contributed by atoms with van der Waals surface area (Å²) in [5, 5.41) is 4.39. The fourth-order valence-electron chi connectivity index (χ4n) is 3.13. The molecule has 0 atom stereocenters. The van der Waals surface area contributed by atoms with Crippen LogP contribution >= 0.6 is 11.6 Å². The smallest absolute Gasteiger partial charge is 0.137 e. The van der Waals surface area contributed by atoms with Crippen molar-refractivity contribution >= 4 is 17.2 Å². The molecule has 2 heterocycles. The maximum atomic E-state index is 5.99. The van der Waals surface area contributed by atoms with Gasteiger partial charge in [0.1, 0.15) is 5.65 Å². The molecule has 1 aliphatic rings. The zero-order valence-corrected chi connectivity index (χ0v) is 12.7.